The Balaban J connectivity index is 1.67. The molecule has 0 saturated carbocycles. The van der Waals surface area contributed by atoms with Crippen molar-refractivity contribution < 1.29 is 0 Å². The zero-order valence-electron chi connectivity index (χ0n) is 10.3. The maximum atomic E-state index is 4.28. The van der Waals surface area contributed by atoms with Crippen LogP contribution in [0.15, 0.2) is 12.4 Å². The number of aryl methyl sites for hydroxylation is 1. The summed E-state index contributed by atoms with van der Waals surface area (Å²) in [5, 5.41) is 7.89. The summed E-state index contributed by atoms with van der Waals surface area (Å²) in [6.07, 6.45) is 6.63. The van der Waals surface area contributed by atoms with Crippen LogP contribution in [0.2, 0.25) is 0 Å². The highest BCUT2D eigenvalue weighted by molar-refractivity contribution is 4.99. The molecule has 90 valence electrons. The van der Waals surface area contributed by atoms with E-state index in [0.29, 0.717) is 6.04 Å². The Kier molecular flexibility index (Phi) is 3.96. The number of hydrogen-bond donors (Lipinski definition) is 1. The molecule has 16 heavy (non-hydrogen) atoms. The largest absolute Gasteiger partial charge is 0.311 e. The minimum atomic E-state index is 0.662. The number of nitrogens with one attached hydrogen (secondary N) is 1. The van der Waals surface area contributed by atoms with Crippen LogP contribution in [0.3, 0.4) is 0 Å². The first-order chi connectivity index (χ1) is 7.74. The van der Waals surface area contributed by atoms with Crippen molar-refractivity contribution >= 4 is 0 Å². The molecule has 1 atom stereocenters. The number of rotatable bonds is 4. The monoisotopic (exact) mass is 222 g/mol. The van der Waals surface area contributed by atoms with Crippen molar-refractivity contribution in [2.75, 3.05) is 26.7 Å². The van der Waals surface area contributed by atoms with Crippen molar-refractivity contribution in [3.05, 3.63) is 18.0 Å². The van der Waals surface area contributed by atoms with E-state index in [-0.39, 0.29) is 0 Å². The molecule has 0 bridgehead atoms. The predicted molar refractivity (Wildman–Crippen MR) is 65.5 cm³/mol. The minimum absolute atomic E-state index is 0.662. The smallest absolute Gasteiger partial charge is 0.0534 e. The molecule has 1 saturated heterocycles. The van der Waals surface area contributed by atoms with Crippen LogP contribution in [-0.4, -0.2) is 47.4 Å². The van der Waals surface area contributed by atoms with Crippen molar-refractivity contribution in [3.63, 3.8) is 0 Å². The Morgan fingerprint density at radius 2 is 2.44 bits per heavy atom. The van der Waals surface area contributed by atoms with Gasteiger partial charge >= 0.3 is 0 Å². The number of hydrogen-bond acceptors (Lipinski definition) is 3. The van der Waals surface area contributed by atoms with Crippen LogP contribution in [-0.2, 0) is 6.54 Å². The summed E-state index contributed by atoms with van der Waals surface area (Å²) >= 11 is 0. The molecule has 1 fully saturated rings. The van der Waals surface area contributed by atoms with Gasteiger partial charge in [-0.15, -0.1) is 0 Å². The van der Waals surface area contributed by atoms with Gasteiger partial charge < -0.3 is 10.2 Å². The Morgan fingerprint density at radius 1 is 1.56 bits per heavy atom. The average molecular weight is 222 g/mol. The summed E-state index contributed by atoms with van der Waals surface area (Å²) in [6, 6.07) is 0.662. The second-order valence-electron chi connectivity index (χ2n) is 4.84. The van der Waals surface area contributed by atoms with Crippen molar-refractivity contribution in [3.8, 4) is 0 Å². The number of nitrogens with zero attached hydrogens (tertiary/aromatic N) is 3. The highest BCUT2D eigenvalue weighted by Gasteiger charge is 2.15. The van der Waals surface area contributed by atoms with E-state index in [1.165, 1.54) is 31.5 Å². The molecule has 0 radical (unpaired) electrons. The van der Waals surface area contributed by atoms with Crippen molar-refractivity contribution in [2.45, 2.75) is 32.4 Å². The number of likely N-dealkylation sites (N-methyl/N-ethyl adjacent to an activating group) is 1. The Labute approximate surface area is 97.6 Å². The third-order valence-corrected chi connectivity index (χ3v) is 3.16. The van der Waals surface area contributed by atoms with Crippen LogP contribution in [0.5, 0.6) is 0 Å². The van der Waals surface area contributed by atoms with E-state index in [2.05, 4.69) is 35.5 Å². The van der Waals surface area contributed by atoms with Gasteiger partial charge in [-0.2, -0.15) is 5.10 Å². The zero-order valence-corrected chi connectivity index (χ0v) is 10.3. The van der Waals surface area contributed by atoms with Gasteiger partial charge in [-0.25, -0.2) is 0 Å². The van der Waals surface area contributed by atoms with Crippen LogP contribution in [0, 0.1) is 6.92 Å². The molecular formula is C12H22N4. The van der Waals surface area contributed by atoms with E-state index in [9.17, 15) is 0 Å². The molecule has 1 aliphatic rings. The Hall–Kier alpha value is -0.870. The van der Waals surface area contributed by atoms with E-state index >= 15 is 0 Å². The predicted octanol–water partition coefficient (Wildman–Crippen LogP) is 0.875. The van der Waals surface area contributed by atoms with Crippen molar-refractivity contribution in [2.24, 2.45) is 0 Å². The molecule has 1 aromatic heterocycles. The molecule has 4 heteroatoms. The van der Waals surface area contributed by atoms with E-state index in [1.54, 1.807) is 0 Å². The van der Waals surface area contributed by atoms with Gasteiger partial charge in [-0.1, -0.05) is 0 Å². The Bertz CT molecular complexity index is 321. The van der Waals surface area contributed by atoms with Gasteiger partial charge in [0.1, 0.15) is 0 Å². The lowest BCUT2D eigenvalue weighted by Crippen LogP contribution is -2.44. The summed E-state index contributed by atoms with van der Waals surface area (Å²) in [5.74, 6) is 0. The van der Waals surface area contributed by atoms with E-state index < -0.39 is 0 Å². The van der Waals surface area contributed by atoms with Crippen molar-refractivity contribution in [1.29, 1.82) is 0 Å². The molecule has 1 N–H and O–H groups in total. The topological polar surface area (TPSA) is 33.1 Å². The summed E-state index contributed by atoms with van der Waals surface area (Å²) in [6.45, 7) is 6.48. The van der Waals surface area contributed by atoms with Gasteiger partial charge in [0.25, 0.3) is 0 Å². The molecule has 2 heterocycles. The third-order valence-electron chi connectivity index (χ3n) is 3.16. The molecule has 0 spiro atoms. The quantitative estimate of drug-likeness (QED) is 0.821. The first-order valence-corrected chi connectivity index (χ1v) is 6.15. The molecule has 0 aromatic carbocycles. The third kappa shape index (κ3) is 3.32. The molecule has 1 aliphatic heterocycles. The molecule has 1 aromatic rings. The molecule has 1 unspecified atom stereocenters. The molecule has 2 rings (SSSR count). The average Bonchev–Trinajstić information content (AvgIpc) is 2.64. The Morgan fingerprint density at radius 3 is 3.12 bits per heavy atom. The lowest BCUT2D eigenvalue weighted by atomic mass is 10.1. The second kappa shape index (κ2) is 5.46. The first-order valence-electron chi connectivity index (χ1n) is 6.15. The maximum absolute atomic E-state index is 4.28. The van der Waals surface area contributed by atoms with Gasteiger partial charge in [0.05, 0.1) is 12.7 Å². The van der Waals surface area contributed by atoms with E-state index in [4.69, 9.17) is 0 Å². The highest BCUT2D eigenvalue weighted by atomic mass is 15.3. The summed E-state index contributed by atoms with van der Waals surface area (Å²) in [4.78, 5) is 2.40. The fourth-order valence-electron chi connectivity index (χ4n) is 2.31. The van der Waals surface area contributed by atoms with Gasteiger partial charge in [0.15, 0.2) is 0 Å². The number of piperidine rings is 1. The molecule has 0 amide bonds. The van der Waals surface area contributed by atoms with Crippen molar-refractivity contribution in [1.82, 2.24) is 20.0 Å². The zero-order chi connectivity index (χ0) is 11.4. The van der Waals surface area contributed by atoms with Gasteiger partial charge in [0, 0.05) is 25.3 Å². The van der Waals surface area contributed by atoms with Gasteiger partial charge in [-0.05, 0) is 38.9 Å². The van der Waals surface area contributed by atoms with Crippen LogP contribution < -0.4 is 5.32 Å². The summed E-state index contributed by atoms with van der Waals surface area (Å²) in [7, 11) is 2.20. The fourth-order valence-corrected chi connectivity index (χ4v) is 2.31. The van der Waals surface area contributed by atoms with Crippen LogP contribution in [0.1, 0.15) is 18.4 Å². The lowest BCUT2D eigenvalue weighted by molar-refractivity contribution is 0.226. The summed E-state index contributed by atoms with van der Waals surface area (Å²) in [5.41, 5.74) is 1.23. The first kappa shape index (κ1) is 11.6. The second-order valence-corrected chi connectivity index (χ2v) is 4.84. The summed E-state index contributed by atoms with van der Waals surface area (Å²) < 4.78 is 2.01. The maximum Gasteiger partial charge on any atom is 0.0534 e. The highest BCUT2D eigenvalue weighted by Crippen LogP contribution is 2.07. The van der Waals surface area contributed by atoms with E-state index in [1.807, 2.05) is 10.9 Å². The molecule has 0 aliphatic carbocycles. The van der Waals surface area contributed by atoms with Crippen LogP contribution >= 0.6 is 0 Å². The normalized spacial score (nSPS) is 22.5. The van der Waals surface area contributed by atoms with Crippen LogP contribution in [0.4, 0.5) is 0 Å². The number of likely N-dealkylation sites (tertiary alicyclic amines) is 1. The number of aromatic nitrogens is 2. The SMILES string of the molecule is Cc1cnn(CCNC2CCCN(C)C2)c1. The minimum Gasteiger partial charge on any atom is -0.311 e. The van der Waals surface area contributed by atoms with Gasteiger partial charge in [0.2, 0.25) is 0 Å². The fraction of sp³-hybridized carbons (Fsp3) is 0.750. The van der Waals surface area contributed by atoms with Crippen LogP contribution in [0.25, 0.3) is 0 Å². The van der Waals surface area contributed by atoms with Gasteiger partial charge in [-0.3, -0.25) is 4.68 Å². The molecule has 4 nitrogen and oxygen atoms in total. The standard InChI is InChI=1S/C12H22N4/c1-11-8-14-16(9-11)7-5-13-12-4-3-6-15(2)10-12/h8-9,12-13H,3-7,10H2,1-2H3. The lowest BCUT2D eigenvalue weighted by Gasteiger charge is -2.30. The molecular weight excluding hydrogens is 200 g/mol. The van der Waals surface area contributed by atoms with E-state index in [0.717, 1.165) is 13.1 Å².